The van der Waals surface area contributed by atoms with E-state index in [9.17, 15) is 4.79 Å². The molecule has 1 amide bonds. The number of hydrogen-bond donors (Lipinski definition) is 1. The fourth-order valence-electron chi connectivity index (χ4n) is 3.67. The molecule has 0 aromatic rings. The van der Waals surface area contributed by atoms with Crippen LogP contribution in [-0.2, 0) is 4.79 Å². The standard InChI is InChI=1S/C11H17NO/c1-6-2-7-3-8-4-9(5-10(7)8)12-11(6)13/h6-10H,2-5H2,1H3,(H,12,13). The van der Waals surface area contributed by atoms with Crippen molar-refractivity contribution in [2.45, 2.75) is 38.6 Å². The van der Waals surface area contributed by atoms with Crippen LogP contribution in [0.15, 0.2) is 0 Å². The van der Waals surface area contributed by atoms with Gasteiger partial charge < -0.3 is 5.32 Å². The maximum atomic E-state index is 11.6. The highest BCUT2D eigenvalue weighted by molar-refractivity contribution is 5.78. The van der Waals surface area contributed by atoms with Crippen molar-refractivity contribution in [3.63, 3.8) is 0 Å². The van der Waals surface area contributed by atoms with E-state index in [-0.39, 0.29) is 5.92 Å². The van der Waals surface area contributed by atoms with Crippen molar-refractivity contribution < 1.29 is 4.79 Å². The average molecular weight is 179 g/mol. The van der Waals surface area contributed by atoms with Crippen LogP contribution < -0.4 is 5.32 Å². The lowest BCUT2D eigenvalue weighted by Crippen LogP contribution is -2.41. The number of fused-ring (bicyclic) bond motifs is 1. The summed E-state index contributed by atoms with van der Waals surface area (Å²) >= 11 is 0. The Kier molecular flexibility index (Phi) is 1.50. The fraction of sp³-hybridized carbons (Fsp3) is 0.909. The smallest absolute Gasteiger partial charge is 0.223 e. The molecule has 3 rings (SSSR count). The summed E-state index contributed by atoms with van der Waals surface area (Å²) in [7, 11) is 0. The number of nitrogens with one attached hydrogen (secondary N) is 1. The molecule has 2 aliphatic carbocycles. The molecule has 1 saturated heterocycles. The molecule has 0 aromatic heterocycles. The SMILES string of the molecule is CC1CC2CC3CC(CC32)NC1=O. The third-order valence-corrected chi connectivity index (χ3v) is 4.41. The van der Waals surface area contributed by atoms with Crippen LogP contribution in [0.1, 0.15) is 32.6 Å². The quantitative estimate of drug-likeness (QED) is 0.600. The Morgan fingerprint density at radius 2 is 1.92 bits per heavy atom. The average Bonchev–Trinajstić information content (AvgIpc) is 2.41. The number of rotatable bonds is 0. The molecule has 0 spiro atoms. The molecule has 2 heteroatoms. The van der Waals surface area contributed by atoms with Gasteiger partial charge in [0, 0.05) is 12.0 Å². The first-order chi connectivity index (χ1) is 6.24. The first kappa shape index (κ1) is 7.84. The van der Waals surface area contributed by atoms with Crippen molar-refractivity contribution in [2.75, 3.05) is 0 Å². The van der Waals surface area contributed by atoms with Crippen molar-refractivity contribution in [3.05, 3.63) is 0 Å². The Bertz CT molecular complexity index is 250. The second-order valence-corrected chi connectivity index (χ2v) is 5.23. The van der Waals surface area contributed by atoms with E-state index in [4.69, 9.17) is 0 Å². The van der Waals surface area contributed by atoms with E-state index < -0.39 is 0 Å². The minimum Gasteiger partial charge on any atom is -0.353 e. The van der Waals surface area contributed by atoms with E-state index in [1.54, 1.807) is 0 Å². The minimum atomic E-state index is 0.259. The molecule has 1 heterocycles. The third kappa shape index (κ3) is 1.04. The van der Waals surface area contributed by atoms with Gasteiger partial charge >= 0.3 is 0 Å². The van der Waals surface area contributed by atoms with Gasteiger partial charge in [0.15, 0.2) is 0 Å². The minimum absolute atomic E-state index is 0.259. The first-order valence-electron chi connectivity index (χ1n) is 5.54. The zero-order valence-corrected chi connectivity index (χ0v) is 8.12. The lowest BCUT2D eigenvalue weighted by atomic mass is 9.64. The Morgan fingerprint density at radius 1 is 1.15 bits per heavy atom. The fourth-order valence-corrected chi connectivity index (χ4v) is 3.67. The molecule has 13 heavy (non-hydrogen) atoms. The maximum absolute atomic E-state index is 11.6. The summed E-state index contributed by atoms with van der Waals surface area (Å²) in [6.45, 7) is 2.08. The molecule has 0 aromatic carbocycles. The molecule has 0 radical (unpaired) electrons. The van der Waals surface area contributed by atoms with Gasteiger partial charge in [-0.15, -0.1) is 0 Å². The maximum Gasteiger partial charge on any atom is 0.223 e. The van der Waals surface area contributed by atoms with Gasteiger partial charge in [-0.3, -0.25) is 4.79 Å². The third-order valence-electron chi connectivity index (χ3n) is 4.41. The van der Waals surface area contributed by atoms with Gasteiger partial charge in [0.1, 0.15) is 0 Å². The van der Waals surface area contributed by atoms with Gasteiger partial charge in [-0.2, -0.15) is 0 Å². The second kappa shape index (κ2) is 2.49. The molecule has 5 unspecified atom stereocenters. The van der Waals surface area contributed by atoms with Gasteiger partial charge in [0.05, 0.1) is 0 Å². The zero-order valence-electron chi connectivity index (χ0n) is 8.12. The number of carbonyl (C=O) groups excluding carboxylic acids is 1. The lowest BCUT2D eigenvalue weighted by molar-refractivity contribution is -0.126. The predicted molar refractivity (Wildman–Crippen MR) is 50.0 cm³/mol. The van der Waals surface area contributed by atoms with Gasteiger partial charge in [-0.25, -0.2) is 0 Å². The summed E-state index contributed by atoms with van der Waals surface area (Å²) in [5.74, 6) is 3.37. The highest BCUT2D eigenvalue weighted by Gasteiger charge is 2.49. The van der Waals surface area contributed by atoms with Crippen LogP contribution >= 0.6 is 0 Å². The van der Waals surface area contributed by atoms with Crippen molar-refractivity contribution in [1.29, 1.82) is 0 Å². The molecular weight excluding hydrogens is 162 g/mol. The largest absolute Gasteiger partial charge is 0.353 e. The second-order valence-electron chi connectivity index (χ2n) is 5.23. The summed E-state index contributed by atoms with van der Waals surface area (Å²) in [5, 5.41) is 3.18. The van der Waals surface area contributed by atoms with E-state index in [2.05, 4.69) is 12.2 Å². The van der Waals surface area contributed by atoms with Crippen molar-refractivity contribution in [3.8, 4) is 0 Å². The molecular formula is C11H17NO. The Hall–Kier alpha value is -0.530. The van der Waals surface area contributed by atoms with Crippen LogP contribution in [0.3, 0.4) is 0 Å². The van der Waals surface area contributed by atoms with Crippen LogP contribution in [0.25, 0.3) is 0 Å². The van der Waals surface area contributed by atoms with Gasteiger partial charge in [0.25, 0.3) is 0 Å². The van der Waals surface area contributed by atoms with Gasteiger partial charge in [-0.05, 0) is 43.4 Å². The predicted octanol–water partition coefficient (Wildman–Crippen LogP) is 1.56. The normalized spacial score (nSPS) is 53.3. The van der Waals surface area contributed by atoms with Crippen molar-refractivity contribution >= 4 is 5.91 Å². The molecule has 1 aliphatic heterocycles. The number of carbonyl (C=O) groups is 1. The van der Waals surface area contributed by atoms with E-state index >= 15 is 0 Å². The first-order valence-corrected chi connectivity index (χ1v) is 5.54. The van der Waals surface area contributed by atoms with Gasteiger partial charge in [0.2, 0.25) is 5.91 Å². The van der Waals surface area contributed by atoms with E-state index in [0.717, 1.165) is 24.2 Å². The summed E-state index contributed by atoms with van der Waals surface area (Å²) in [6.07, 6.45) is 5.08. The summed E-state index contributed by atoms with van der Waals surface area (Å²) in [6, 6.07) is 0.523. The molecule has 5 atom stereocenters. The van der Waals surface area contributed by atoms with Crippen LogP contribution in [0, 0.1) is 23.7 Å². The van der Waals surface area contributed by atoms with Crippen LogP contribution in [0.5, 0.6) is 0 Å². The van der Waals surface area contributed by atoms with Crippen molar-refractivity contribution in [2.24, 2.45) is 23.7 Å². The Balaban J connectivity index is 1.84. The number of hydrogen-bond acceptors (Lipinski definition) is 1. The molecule has 72 valence electrons. The summed E-state index contributed by atoms with van der Waals surface area (Å²) in [5.41, 5.74) is 0. The van der Waals surface area contributed by atoms with Crippen LogP contribution in [0.2, 0.25) is 0 Å². The zero-order chi connectivity index (χ0) is 9.00. The summed E-state index contributed by atoms with van der Waals surface area (Å²) < 4.78 is 0. The molecule has 2 nitrogen and oxygen atoms in total. The molecule has 3 aliphatic rings. The van der Waals surface area contributed by atoms with Crippen LogP contribution in [-0.4, -0.2) is 11.9 Å². The molecule has 2 bridgehead atoms. The molecule has 3 fully saturated rings. The molecule has 2 saturated carbocycles. The Morgan fingerprint density at radius 3 is 2.77 bits per heavy atom. The van der Waals surface area contributed by atoms with Crippen LogP contribution in [0.4, 0.5) is 0 Å². The van der Waals surface area contributed by atoms with Crippen molar-refractivity contribution in [1.82, 2.24) is 5.32 Å². The topological polar surface area (TPSA) is 29.1 Å². The highest BCUT2D eigenvalue weighted by atomic mass is 16.1. The van der Waals surface area contributed by atoms with E-state index in [1.165, 1.54) is 19.3 Å². The highest BCUT2D eigenvalue weighted by Crippen LogP contribution is 2.54. The van der Waals surface area contributed by atoms with Gasteiger partial charge in [-0.1, -0.05) is 6.92 Å². The number of amides is 1. The lowest BCUT2D eigenvalue weighted by Gasteiger charge is -2.41. The molecule has 1 N–H and O–H groups in total. The summed E-state index contributed by atoms with van der Waals surface area (Å²) in [4.78, 5) is 11.6. The monoisotopic (exact) mass is 179 g/mol. The Labute approximate surface area is 79.1 Å². The van der Waals surface area contributed by atoms with E-state index in [1.807, 2.05) is 0 Å². The van der Waals surface area contributed by atoms with E-state index in [0.29, 0.717) is 11.9 Å².